The number of methoxy groups -OCH3 is 1. The van der Waals surface area contributed by atoms with Gasteiger partial charge in [0.1, 0.15) is 5.75 Å². The van der Waals surface area contributed by atoms with Gasteiger partial charge in [-0.05, 0) is 38.1 Å². The van der Waals surface area contributed by atoms with Crippen LogP contribution in [-0.4, -0.2) is 48.9 Å². The SMILES string of the molecule is COc1ccc(N2C[C@@H](NC(=O)NC(C)(C)CO)CC2=O)cc1. The molecule has 0 bridgehead atoms. The molecule has 2 rings (SSSR count). The zero-order valence-electron chi connectivity index (χ0n) is 13.6. The molecule has 126 valence electrons. The van der Waals surface area contributed by atoms with E-state index in [0.717, 1.165) is 11.4 Å². The Morgan fingerprint density at radius 1 is 1.39 bits per heavy atom. The van der Waals surface area contributed by atoms with E-state index in [9.17, 15) is 9.59 Å². The molecule has 0 radical (unpaired) electrons. The zero-order valence-corrected chi connectivity index (χ0v) is 13.6. The van der Waals surface area contributed by atoms with E-state index < -0.39 is 11.6 Å². The summed E-state index contributed by atoms with van der Waals surface area (Å²) in [5, 5.41) is 14.6. The molecule has 0 spiro atoms. The van der Waals surface area contributed by atoms with Crippen LogP contribution in [0.2, 0.25) is 0 Å². The third kappa shape index (κ3) is 4.35. The Balaban J connectivity index is 1.95. The maximum Gasteiger partial charge on any atom is 0.315 e. The molecule has 1 atom stereocenters. The molecule has 0 aromatic heterocycles. The quantitative estimate of drug-likeness (QED) is 0.750. The van der Waals surface area contributed by atoms with Crippen LogP contribution in [0, 0.1) is 0 Å². The van der Waals surface area contributed by atoms with Gasteiger partial charge in [0, 0.05) is 18.7 Å². The van der Waals surface area contributed by atoms with Crippen molar-refractivity contribution in [3.05, 3.63) is 24.3 Å². The van der Waals surface area contributed by atoms with E-state index in [1.54, 1.807) is 38.0 Å². The highest BCUT2D eigenvalue weighted by atomic mass is 16.5. The maximum absolute atomic E-state index is 12.1. The average Bonchev–Trinajstić information content (AvgIpc) is 2.87. The highest BCUT2D eigenvalue weighted by Crippen LogP contribution is 2.24. The minimum absolute atomic E-state index is 0.0399. The van der Waals surface area contributed by atoms with E-state index in [1.165, 1.54) is 0 Å². The van der Waals surface area contributed by atoms with Gasteiger partial charge in [-0.1, -0.05) is 0 Å². The van der Waals surface area contributed by atoms with E-state index in [0.29, 0.717) is 6.54 Å². The zero-order chi connectivity index (χ0) is 17.0. The molecular formula is C16H23N3O4. The number of amides is 3. The number of carbonyl (C=O) groups is 2. The Labute approximate surface area is 135 Å². The number of carbonyl (C=O) groups excluding carboxylic acids is 2. The smallest absolute Gasteiger partial charge is 0.315 e. The first-order valence-electron chi connectivity index (χ1n) is 7.48. The molecule has 0 saturated carbocycles. The second-order valence-corrected chi connectivity index (χ2v) is 6.24. The lowest BCUT2D eigenvalue weighted by molar-refractivity contribution is -0.117. The predicted octanol–water partition coefficient (Wildman–Crippen LogP) is 0.871. The normalized spacial score (nSPS) is 18.0. The molecular weight excluding hydrogens is 298 g/mol. The molecule has 0 aliphatic carbocycles. The van der Waals surface area contributed by atoms with E-state index >= 15 is 0 Å². The third-order valence-electron chi connectivity index (χ3n) is 3.69. The third-order valence-corrected chi connectivity index (χ3v) is 3.69. The number of nitrogens with one attached hydrogen (secondary N) is 2. The number of benzene rings is 1. The van der Waals surface area contributed by atoms with E-state index in [4.69, 9.17) is 9.84 Å². The fraction of sp³-hybridized carbons (Fsp3) is 0.500. The van der Waals surface area contributed by atoms with Crippen LogP contribution in [0.4, 0.5) is 10.5 Å². The van der Waals surface area contributed by atoms with Gasteiger partial charge in [0.05, 0.1) is 25.3 Å². The fourth-order valence-electron chi connectivity index (χ4n) is 2.38. The molecule has 3 amide bonds. The molecule has 7 heteroatoms. The molecule has 1 aromatic rings. The molecule has 1 fully saturated rings. The lowest BCUT2D eigenvalue weighted by atomic mass is 10.1. The van der Waals surface area contributed by atoms with Gasteiger partial charge in [-0.15, -0.1) is 0 Å². The number of hydrogen-bond acceptors (Lipinski definition) is 4. The first-order chi connectivity index (χ1) is 10.8. The van der Waals surface area contributed by atoms with Crippen molar-refractivity contribution in [3.63, 3.8) is 0 Å². The van der Waals surface area contributed by atoms with Gasteiger partial charge in [-0.2, -0.15) is 0 Å². The van der Waals surface area contributed by atoms with Crippen molar-refractivity contribution in [2.24, 2.45) is 0 Å². The van der Waals surface area contributed by atoms with Crippen LogP contribution in [0.25, 0.3) is 0 Å². The summed E-state index contributed by atoms with van der Waals surface area (Å²) >= 11 is 0. The Morgan fingerprint density at radius 2 is 2.04 bits per heavy atom. The van der Waals surface area contributed by atoms with Crippen molar-refractivity contribution in [1.29, 1.82) is 0 Å². The molecule has 1 aliphatic rings. The summed E-state index contributed by atoms with van der Waals surface area (Å²) in [6.07, 6.45) is 0.249. The van der Waals surface area contributed by atoms with Gasteiger partial charge in [0.25, 0.3) is 0 Å². The van der Waals surface area contributed by atoms with Crippen LogP contribution in [0.1, 0.15) is 20.3 Å². The molecule has 1 aliphatic heterocycles. The fourth-order valence-corrected chi connectivity index (χ4v) is 2.38. The molecule has 7 nitrogen and oxygen atoms in total. The highest BCUT2D eigenvalue weighted by molar-refractivity contribution is 5.96. The number of hydrogen-bond donors (Lipinski definition) is 3. The highest BCUT2D eigenvalue weighted by Gasteiger charge is 2.32. The molecule has 1 heterocycles. The van der Waals surface area contributed by atoms with E-state index in [1.807, 2.05) is 12.1 Å². The number of aliphatic hydroxyl groups excluding tert-OH is 1. The average molecular weight is 321 g/mol. The minimum atomic E-state index is -0.706. The van der Waals surface area contributed by atoms with Crippen LogP contribution in [0.15, 0.2) is 24.3 Å². The molecule has 1 aromatic carbocycles. The minimum Gasteiger partial charge on any atom is -0.497 e. The summed E-state index contributed by atoms with van der Waals surface area (Å²) in [6, 6.07) is 6.56. The van der Waals surface area contributed by atoms with Crippen molar-refractivity contribution in [2.75, 3.05) is 25.2 Å². The Morgan fingerprint density at radius 3 is 2.61 bits per heavy atom. The van der Waals surface area contributed by atoms with Crippen LogP contribution >= 0.6 is 0 Å². The van der Waals surface area contributed by atoms with Gasteiger partial charge in [0.15, 0.2) is 0 Å². The monoisotopic (exact) mass is 321 g/mol. The largest absolute Gasteiger partial charge is 0.497 e. The Bertz CT molecular complexity index is 571. The van der Waals surface area contributed by atoms with Crippen molar-refractivity contribution < 1.29 is 19.4 Å². The predicted molar refractivity (Wildman–Crippen MR) is 86.6 cm³/mol. The number of anilines is 1. The van der Waals surface area contributed by atoms with Gasteiger partial charge < -0.3 is 25.4 Å². The summed E-state index contributed by atoms with van der Waals surface area (Å²) < 4.78 is 5.10. The summed E-state index contributed by atoms with van der Waals surface area (Å²) in [5.41, 5.74) is 0.0683. The van der Waals surface area contributed by atoms with Gasteiger partial charge in [0.2, 0.25) is 5.91 Å². The van der Waals surface area contributed by atoms with E-state index in [2.05, 4.69) is 10.6 Å². The van der Waals surface area contributed by atoms with Crippen molar-refractivity contribution in [1.82, 2.24) is 10.6 Å². The first kappa shape index (κ1) is 17.1. The number of rotatable bonds is 5. The standard InChI is InChI=1S/C16H23N3O4/c1-16(2,10-20)18-15(22)17-11-8-14(21)19(9-11)12-4-6-13(23-3)7-5-12/h4-7,11,20H,8-10H2,1-3H3,(H2,17,18,22)/t11-/m0/s1. The molecule has 3 N–H and O–H groups in total. The van der Waals surface area contributed by atoms with Crippen LogP contribution in [0.3, 0.4) is 0 Å². The second kappa shape index (κ2) is 6.87. The summed E-state index contributed by atoms with van der Waals surface area (Å²) in [4.78, 5) is 25.7. The van der Waals surface area contributed by atoms with Gasteiger partial charge >= 0.3 is 6.03 Å². The number of nitrogens with zero attached hydrogens (tertiary/aromatic N) is 1. The second-order valence-electron chi connectivity index (χ2n) is 6.24. The lowest BCUT2D eigenvalue weighted by Crippen LogP contribution is -2.53. The van der Waals surface area contributed by atoms with Crippen LogP contribution in [0.5, 0.6) is 5.75 Å². The molecule has 0 unspecified atom stereocenters. The first-order valence-corrected chi connectivity index (χ1v) is 7.48. The molecule has 23 heavy (non-hydrogen) atoms. The van der Waals surface area contributed by atoms with Gasteiger partial charge in [-0.25, -0.2) is 4.79 Å². The van der Waals surface area contributed by atoms with Gasteiger partial charge in [-0.3, -0.25) is 4.79 Å². The van der Waals surface area contributed by atoms with Crippen LogP contribution in [-0.2, 0) is 4.79 Å². The summed E-state index contributed by atoms with van der Waals surface area (Å²) in [7, 11) is 1.59. The van der Waals surface area contributed by atoms with Crippen molar-refractivity contribution in [2.45, 2.75) is 31.8 Å². The number of aliphatic hydroxyl groups is 1. The topological polar surface area (TPSA) is 90.9 Å². The lowest BCUT2D eigenvalue weighted by Gasteiger charge is -2.25. The summed E-state index contributed by atoms with van der Waals surface area (Å²) in [6.45, 7) is 3.69. The van der Waals surface area contributed by atoms with Crippen LogP contribution < -0.4 is 20.3 Å². The molecule has 1 saturated heterocycles. The maximum atomic E-state index is 12.1. The van der Waals surface area contributed by atoms with Crippen molar-refractivity contribution in [3.8, 4) is 5.75 Å². The Kier molecular flexibility index (Phi) is 5.10. The summed E-state index contributed by atoms with van der Waals surface area (Å²) in [5.74, 6) is 0.683. The van der Waals surface area contributed by atoms with E-state index in [-0.39, 0.29) is 25.0 Å². The Hall–Kier alpha value is -2.28. The number of urea groups is 1. The van der Waals surface area contributed by atoms with Crippen molar-refractivity contribution >= 4 is 17.6 Å². The number of ether oxygens (including phenoxy) is 1.